The lowest BCUT2D eigenvalue weighted by atomic mass is 10.0. The van der Waals surface area contributed by atoms with Crippen molar-refractivity contribution in [3.8, 4) is 0 Å². The lowest BCUT2D eigenvalue weighted by Crippen LogP contribution is -2.32. The molecular weight excluding hydrogens is 265 g/mol. The van der Waals surface area contributed by atoms with E-state index in [0.717, 1.165) is 6.08 Å². The molecule has 2 nitrogen and oxygen atoms in total. The van der Waals surface area contributed by atoms with E-state index < -0.39 is 23.0 Å². The van der Waals surface area contributed by atoms with E-state index in [1.54, 1.807) is 25.1 Å². The summed E-state index contributed by atoms with van der Waals surface area (Å²) in [5.41, 5.74) is 0.621. The Hall–Kier alpha value is -1.43. The van der Waals surface area contributed by atoms with Crippen molar-refractivity contribution in [2.75, 3.05) is 0 Å². The number of alkyl halides is 3. The summed E-state index contributed by atoms with van der Waals surface area (Å²) in [4.78, 5) is 11.4. The zero-order valence-corrected chi connectivity index (χ0v) is 10.1. The molecule has 0 fully saturated rings. The molecular formula is C12H9F3O2S. The van der Waals surface area contributed by atoms with Crippen LogP contribution in [0.3, 0.4) is 0 Å². The van der Waals surface area contributed by atoms with E-state index in [0.29, 0.717) is 27.8 Å². The van der Waals surface area contributed by atoms with E-state index >= 15 is 0 Å². The van der Waals surface area contributed by atoms with Crippen LogP contribution in [0.15, 0.2) is 28.7 Å². The molecule has 1 aromatic rings. The average molecular weight is 274 g/mol. The molecule has 1 N–H and O–H groups in total. The SMILES string of the molecule is Cc1cccc2c1S[C@H](C(F)(F)F)C(C(=O)O)=C2. The Morgan fingerprint density at radius 2 is 2.06 bits per heavy atom. The first-order chi connectivity index (χ1) is 8.30. The average Bonchev–Trinajstić information content (AvgIpc) is 2.26. The summed E-state index contributed by atoms with van der Waals surface area (Å²) in [5, 5.41) is 6.87. The topological polar surface area (TPSA) is 37.3 Å². The first kappa shape index (κ1) is 13.0. The maximum atomic E-state index is 12.9. The molecule has 0 saturated heterocycles. The first-order valence-corrected chi connectivity index (χ1v) is 5.96. The number of carboxylic acid groups (broad SMARTS) is 1. The summed E-state index contributed by atoms with van der Waals surface area (Å²) in [7, 11) is 0. The van der Waals surface area contributed by atoms with Gasteiger partial charge in [-0.15, -0.1) is 11.8 Å². The smallest absolute Gasteiger partial charge is 0.405 e. The fourth-order valence-electron chi connectivity index (χ4n) is 1.79. The highest BCUT2D eigenvalue weighted by molar-refractivity contribution is 8.00. The van der Waals surface area contributed by atoms with Gasteiger partial charge in [-0.05, 0) is 24.1 Å². The zero-order valence-electron chi connectivity index (χ0n) is 9.28. The third kappa shape index (κ3) is 2.25. The summed E-state index contributed by atoms with van der Waals surface area (Å²) < 4.78 is 38.6. The predicted octanol–water partition coefficient (Wildman–Crippen LogP) is 3.50. The number of fused-ring (bicyclic) bond motifs is 1. The van der Waals surface area contributed by atoms with Crippen LogP contribution in [-0.4, -0.2) is 22.5 Å². The largest absolute Gasteiger partial charge is 0.478 e. The Balaban J connectivity index is 2.57. The molecule has 0 unspecified atom stereocenters. The number of rotatable bonds is 1. The van der Waals surface area contributed by atoms with E-state index in [2.05, 4.69) is 0 Å². The highest BCUT2D eigenvalue weighted by atomic mass is 32.2. The highest BCUT2D eigenvalue weighted by Gasteiger charge is 2.47. The molecule has 96 valence electrons. The Morgan fingerprint density at radius 1 is 1.39 bits per heavy atom. The number of aryl methyl sites for hydroxylation is 1. The van der Waals surface area contributed by atoms with Crippen LogP contribution >= 0.6 is 11.8 Å². The molecule has 1 aliphatic rings. The number of benzene rings is 1. The van der Waals surface area contributed by atoms with Crippen molar-refractivity contribution >= 4 is 23.8 Å². The van der Waals surface area contributed by atoms with Crippen LogP contribution in [0, 0.1) is 6.92 Å². The van der Waals surface area contributed by atoms with E-state index in [1.165, 1.54) is 0 Å². The molecule has 0 saturated carbocycles. The number of hydrogen-bond acceptors (Lipinski definition) is 2. The fraction of sp³-hybridized carbons (Fsp3) is 0.250. The molecule has 1 heterocycles. The van der Waals surface area contributed by atoms with Crippen LogP contribution in [0.4, 0.5) is 13.2 Å². The molecule has 6 heteroatoms. The molecule has 1 aromatic carbocycles. The number of aliphatic carboxylic acids is 1. The van der Waals surface area contributed by atoms with Crippen LogP contribution in [0.5, 0.6) is 0 Å². The van der Waals surface area contributed by atoms with Crippen LogP contribution in [0.25, 0.3) is 6.08 Å². The fourth-order valence-corrected chi connectivity index (χ4v) is 2.97. The summed E-state index contributed by atoms with van der Waals surface area (Å²) in [6.45, 7) is 1.71. The van der Waals surface area contributed by atoms with Crippen molar-refractivity contribution in [2.45, 2.75) is 23.2 Å². The van der Waals surface area contributed by atoms with Gasteiger partial charge in [0.2, 0.25) is 0 Å². The van der Waals surface area contributed by atoms with E-state index in [9.17, 15) is 18.0 Å². The van der Waals surface area contributed by atoms with Gasteiger partial charge in [0.15, 0.2) is 0 Å². The first-order valence-electron chi connectivity index (χ1n) is 5.08. The van der Waals surface area contributed by atoms with Crippen molar-refractivity contribution < 1.29 is 23.1 Å². The highest BCUT2D eigenvalue weighted by Crippen LogP contribution is 2.46. The molecule has 1 atom stereocenters. The Kier molecular flexibility index (Phi) is 3.14. The molecule has 2 rings (SSSR count). The summed E-state index contributed by atoms with van der Waals surface area (Å²) in [6, 6.07) is 5.02. The molecule has 0 aromatic heterocycles. The molecule has 0 spiro atoms. The second-order valence-corrected chi connectivity index (χ2v) is 5.05. The molecule has 0 radical (unpaired) electrons. The summed E-state index contributed by atoms with van der Waals surface area (Å²) >= 11 is 0.553. The quantitative estimate of drug-likeness (QED) is 0.851. The van der Waals surface area contributed by atoms with E-state index in [4.69, 9.17) is 5.11 Å². The van der Waals surface area contributed by atoms with Gasteiger partial charge in [-0.2, -0.15) is 13.2 Å². The van der Waals surface area contributed by atoms with Gasteiger partial charge >= 0.3 is 12.1 Å². The van der Waals surface area contributed by atoms with Gasteiger partial charge in [-0.3, -0.25) is 0 Å². The molecule has 0 amide bonds. The molecule has 0 bridgehead atoms. The zero-order chi connectivity index (χ0) is 13.5. The number of carbonyl (C=O) groups is 1. The number of thioether (sulfide) groups is 1. The van der Waals surface area contributed by atoms with Gasteiger partial charge in [-0.1, -0.05) is 18.2 Å². The second kappa shape index (κ2) is 4.35. The lowest BCUT2D eigenvalue weighted by molar-refractivity contribution is -0.140. The number of halogens is 3. The Bertz CT molecular complexity index is 535. The van der Waals surface area contributed by atoms with Gasteiger partial charge in [-0.25, -0.2) is 4.79 Å². The minimum atomic E-state index is -4.57. The summed E-state index contributed by atoms with van der Waals surface area (Å²) in [5.74, 6) is -1.53. The number of carboxylic acids is 1. The number of hydrogen-bond donors (Lipinski definition) is 1. The molecule has 0 aliphatic carbocycles. The Morgan fingerprint density at radius 3 is 2.61 bits per heavy atom. The van der Waals surface area contributed by atoms with Gasteiger partial charge in [0, 0.05) is 4.90 Å². The molecule has 18 heavy (non-hydrogen) atoms. The third-order valence-electron chi connectivity index (χ3n) is 2.62. The predicted molar refractivity (Wildman–Crippen MR) is 62.5 cm³/mol. The Labute approximate surface area is 106 Å². The summed E-state index contributed by atoms with van der Waals surface area (Å²) in [6.07, 6.45) is -3.46. The van der Waals surface area contributed by atoms with Crippen LogP contribution in [0.2, 0.25) is 0 Å². The minimum Gasteiger partial charge on any atom is -0.478 e. The van der Waals surface area contributed by atoms with Crippen molar-refractivity contribution in [1.82, 2.24) is 0 Å². The third-order valence-corrected chi connectivity index (χ3v) is 4.17. The van der Waals surface area contributed by atoms with Gasteiger partial charge in [0.1, 0.15) is 5.25 Å². The van der Waals surface area contributed by atoms with E-state index in [-0.39, 0.29) is 0 Å². The van der Waals surface area contributed by atoms with Crippen molar-refractivity contribution in [1.29, 1.82) is 0 Å². The monoisotopic (exact) mass is 274 g/mol. The minimum absolute atomic E-state index is 0.491. The maximum Gasteiger partial charge on any atom is 0.405 e. The van der Waals surface area contributed by atoms with Gasteiger partial charge in [0.05, 0.1) is 5.57 Å². The van der Waals surface area contributed by atoms with Crippen molar-refractivity contribution in [3.63, 3.8) is 0 Å². The van der Waals surface area contributed by atoms with Crippen LogP contribution < -0.4 is 0 Å². The molecule has 1 aliphatic heterocycles. The van der Waals surface area contributed by atoms with Crippen LogP contribution in [0.1, 0.15) is 11.1 Å². The van der Waals surface area contributed by atoms with Crippen molar-refractivity contribution in [3.05, 3.63) is 34.9 Å². The lowest BCUT2D eigenvalue weighted by Gasteiger charge is -2.26. The van der Waals surface area contributed by atoms with Crippen LogP contribution in [-0.2, 0) is 4.79 Å². The van der Waals surface area contributed by atoms with Gasteiger partial charge in [0.25, 0.3) is 0 Å². The van der Waals surface area contributed by atoms with E-state index in [1.807, 2.05) is 0 Å². The van der Waals surface area contributed by atoms with Gasteiger partial charge < -0.3 is 5.11 Å². The van der Waals surface area contributed by atoms with Crippen molar-refractivity contribution in [2.24, 2.45) is 0 Å². The normalized spacial score (nSPS) is 19.1. The maximum absolute atomic E-state index is 12.9. The second-order valence-electron chi connectivity index (χ2n) is 3.94. The standard InChI is InChI=1S/C12H9F3O2S/c1-6-3-2-4-7-5-8(11(16)17)10(12(13,14)15)18-9(6)7/h2-5,10H,1H3,(H,16,17)/t10-/m0/s1.